The maximum atomic E-state index is 3.53. The van der Waals surface area contributed by atoms with Crippen LogP contribution in [-0.2, 0) is 6.42 Å². The van der Waals surface area contributed by atoms with Gasteiger partial charge in [-0.15, -0.1) is 0 Å². The average molecular weight is 275 g/mol. The van der Waals surface area contributed by atoms with Crippen molar-refractivity contribution in [2.75, 3.05) is 40.8 Å². The monoisotopic (exact) mass is 275 g/mol. The van der Waals surface area contributed by atoms with Crippen LogP contribution in [0, 0.1) is 0 Å². The first-order valence-electron chi connectivity index (χ1n) is 7.81. The van der Waals surface area contributed by atoms with Gasteiger partial charge >= 0.3 is 0 Å². The van der Waals surface area contributed by atoms with Gasteiger partial charge in [0.05, 0.1) is 0 Å². The quantitative estimate of drug-likeness (QED) is 0.822. The molecule has 2 atom stereocenters. The van der Waals surface area contributed by atoms with Gasteiger partial charge in [-0.3, -0.25) is 4.90 Å². The van der Waals surface area contributed by atoms with Crippen molar-refractivity contribution in [2.45, 2.75) is 31.8 Å². The largest absolute Gasteiger partial charge is 0.312 e. The van der Waals surface area contributed by atoms with Crippen LogP contribution in [0.5, 0.6) is 0 Å². The van der Waals surface area contributed by atoms with Gasteiger partial charge in [-0.25, -0.2) is 0 Å². The average Bonchev–Trinajstić information content (AvgIpc) is 2.81. The molecular formula is C17H29N3. The summed E-state index contributed by atoms with van der Waals surface area (Å²) in [6.45, 7) is 5.77. The van der Waals surface area contributed by atoms with Crippen LogP contribution in [-0.4, -0.2) is 56.6 Å². The van der Waals surface area contributed by atoms with Crippen molar-refractivity contribution in [3.63, 3.8) is 0 Å². The molecule has 1 aromatic carbocycles. The van der Waals surface area contributed by atoms with Crippen LogP contribution in [0.15, 0.2) is 24.3 Å². The number of hydrogen-bond acceptors (Lipinski definition) is 3. The molecule has 0 amide bonds. The summed E-state index contributed by atoms with van der Waals surface area (Å²) >= 11 is 0. The third kappa shape index (κ3) is 3.40. The smallest absolute Gasteiger partial charge is 0.0481 e. The van der Waals surface area contributed by atoms with Gasteiger partial charge in [-0.05, 0) is 64.7 Å². The minimum atomic E-state index is 0.477. The second-order valence-electron chi connectivity index (χ2n) is 6.02. The normalized spacial score (nSPS) is 21.7. The fourth-order valence-electron chi connectivity index (χ4n) is 3.41. The van der Waals surface area contributed by atoms with E-state index in [0.29, 0.717) is 12.1 Å². The van der Waals surface area contributed by atoms with Crippen molar-refractivity contribution in [3.05, 3.63) is 35.4 Å². The van der Waals surface area contributed by atoms with Crippen LogP contribution in [0.2, 0.25) is 0 Å². The molecule has 1 aliphatic carbocycles. The minimum Gasteiger partial charge on any atom is -0.312 e. The summed E-state index contributed by atoms with van der Waals surface area (Å²) in [5, 5.41) is 3.53. The SMILES string of the molecule is CCN(CCCN(C)C)C1Cc2ccccc2C1NC. The molecule has 3 heteroatoms. The molecule has 0 spiro atoms. The lowest BCUT2D eigenvalue weighted by molar-refractivity contribution is 0.170. The van der Waals surface area contributed by atoms with Crippen molar-refractivity contribution in [3.8, 4) is 0 Å². The van der Waals surface area contributed by atoms with E-state index in [2.05, 4.69) is 67.4 Å². The van der Waals surface area contributed by atoms with Gasteiger partial charge in [-0.2, -0.15) is 0 Å². The number of benzene rings is 1. The van der Waals surface area contributed by atoms with E-state index >= 15 is 0 Å². The van der Waals surface area contributed by atoms with E-state index in [4.69, 9.17) is 0 Å². The van der Waals surface area contributed by atoms with Crippen LogP contribution in [0.3, 0.4) is 0 Å². The van der Waals surface area contributed by atoms with Crippen molar-refractivity contribution in [2.24, 2.45) is 0 Å². The first-order valence-corrected chi connectivity index (χ1v) is 7.81. The molecule has 0 saturated heterocycles. The summed E-state index contributed by atoms with van der Waals surface area (Å²) in [7, 11) is 6.39. The third-order valence-electron chi connectivity index (χ3n) is 4.44. The third-order valence-corrected chi connectivity index (χ3v) is 4.44. The molecule has 112 valence electrons. The van der Waals surface area contributed by atoms with E-state index in [9.17, 15) is 0 Å². The molecule has 1 aromatic rings. The van der Waals surface area contributed by atoms with Crippen LogP contribution >= 0.6 is 0 Å². The molecule has 0 fully saturated rings. The van der Waals surface area contributed by atoms with Crippen molar-refractivity contribution < 1.29 is 0 Å². The van der Waals surface area contributed by atoms with E-state index in [1.807, 2.05) is 0 Å². The van der Waals surface area contributed by atoms with E-state index < -0.39 is 0 Å². The zero-order chi connectivity index (χ0) is 14.5. The van der Waals surface area contributed by atoms with Gasteiger partial charge in [0.2, 0.25) is 0 Å². The van der Waals surface area contributed by atoms with Crippen LogP contribution in [0.25, 0.3) is 0 Å². The maximum absolute atomic E-state index is 3.53. The van der Waals surface area contributed by atoms with E-state index in [0.717, 1.165) is 6.54 Å². The van der Waals surface area contributed by atoms with Gasteiger partial charge in [0.1, 0.15) is 0 Å². The molecule has 0 bridgehead atoms. The highest BCUT2D eigenvalue weighted by atomic mass is 15.2. The van der Waals surface area contributed by atoms with E-state index in [1.165, 1.54) is 37.1 Å². The summed E-state index contributed by atoms with van der Waals surface area (Å²) in [4.78, 5) is 4.91. The summed E-state index contributed by atoms with van der Waals surface area (Å²) in [6.07, 6.45) is 2.42. The molecule has 0 heterocycles. The number of likely N-dealkylation sites (N-methyl/N-ethyl adjacent to an activating group) is 2. The molecule has 3 nitrogen and oxygen atoms in total. The number of rotatable bonds is 7. The Labute approximate surface area is 124 Å². The lowest BCUT2D eigenvalue weighted by Gasteiger charge is -2.32. The van der Waals surface area contributed by atoms with Crippen molar-refractivity contribution in [1.29, 1.82) is 0 Å². The Morgan fingerprint density at radius 2 is 1.95 bits per heavy atom. The molecule has 0 aromatic heterocycles. The predicted molar refractivity (Wildman–Crippen MR) is 86.2 cm³/mol. The summed E-state index contributed by atoms with van der Waals surface area (Å²) in [6, 6.07) is 9.97. The molecular weight excluding hydrogens is 246 g/mol. The highest BCUT2D eigenvalue weighted by Crippen LogP contribution is 2.34. The standard InChI is InChI=1S/C17H29N3/c1-5-20(12-8-11-19(3)4)16-13-14-9-6-7-10-15(14)17(16)18-2/h6-7,9-10,16-18H,5,8,11-13H2,1-4H3. The lowest BCUT2D eigenvalue weighted by Crippen LogP contribution is -2.43. The maximum Gasteiger partial charge on any atom is 0.0481 e. The molecule has 2 unspecified atom stereocenters. The zero-order valence-electron chi connectivity index (χ0n) is 13.4. The number of hydrogen-bond donors (Lipinski definition) is 1. The summed E-state index contributed by atoms with van der Waals surface area (Å²) < 4.78 is 0. The fourth-order valence-corrected chi connectivity index (χ4v) is 3.41. The Kier molecular flexibility index (Phi) is 5.58. The lowest BCUT2D eigenvalue weighted by atomic mass is 10.1. The van der Waals surface area contributed by atoms with Crippen molar-refractivity contribution in [1.82, 2.24) is 15.1 Å². The van der Waals surface area contributed by atoms with Gasteiger partial charge in [-0.1, -0.05) is 31.2 Å². The van der Waals surface area contributed by atoms with Gasteiger partial charge in [0, 0.05) is 12.1 Å². The number of nitrogens with zero attached hydrogens (tertiary/aromatic N) is 2. The fraction of sp³-hybridized carbons (Fsp3) is 0.647. The molecule has 2 rings (SSSR count). The Hall–Kier alpha value is -0.900. The van der Waals surface area contributed by atoms with Gasteiger partial charge in [0.25, 0.3) is 0 Å². The second kappa shape index (κ2) is 7.21. The van der Waals surface area contributed by atoms with E-state index in [1.54, 1.807) is 0 Å². The summed E-state index contributed by atoms with van der Waals surface area (Å²) in [5.41, 5.74) is 3.01. The van der Waals surface area contributed by atoms with Crippen LogP contribution < -0.4 is 5.32 Å². The highest BCUT2D eigenvalue weighted by molar-refractivity contribution is 5.37. The highest BCUT2D eigenvalue weighted by Gasteiger charge is 2.34. The number of fused-ring (bicyclic) bond motifs is 1. The summed E-state index contributed by atoms with van der Waals surface area (Å²) in [5.74, 6) is 0. The Balaban J connectivity index is 2.03. The van der Waals surface area contributed by atoms with Crippen LogP contribution in [0.1, 0.15) is 30.5 Å². The molecule has 0 radical (unpaired) electrons. The van der Waals surface area contributed by atoms with Crippen molar-refractivity contribution >= 4 is 0 Å². The Bertz CT molecular complexity index is 416. The zero-order valence-corrected chi connectivity index (χ0v) is 13.4. The minimum absolute atomic E-state index is 0.477. The first kappa shape index (κ1) is 15.5. The molecule has 0 aliphatic heterocycles. The second-order valence-corrected chi connectivity index (χ2v) is 6.02. The molecule has 1 N–H and O–H groups in total. The molecule has 20 heavy (non-hydrogen) atoms. The van der Waals surface area contributed by atoms with Crippen LogP contribution in [0.4, 0.5) is 0 Å². The Morgan fingerprint density at radius 1 is 1.20 bits per heavy atom. The molecule has 0 saturated carbocycles. The number of nitrogens with one attached hydrogen (secondary N) is 1. The predicted octanol–water partition coefficient (Wildman–Crippen LogP) is 2.15. The van der Waals surface area contributed by atoms with Gasteiger partial charge < -0.3 is 10.2 Å². The molecule has 1 aliphatic rings. The van der Waals surface area contributed by atoms with Gasteiger partial charge in [0.15, 0.2) is 0 Å². The topological polar surface area (TPSA) is 18.5 Å². The Morgan fingerprint density at radius 3 is 2.60 bits per heavy atom. The van der Waals surface area contributed by atoms with E-state index in [-0.39, 0.29) is 0 Å². The first-order chi connectivity index (χ1) is 9.67.